The fraction of sp³-hybridized carbons (Fsp3) is 0. The lowest BCUT2D eigenvalue weighted by molar-refractivity contribution is 0.841. The van der Waals surface area contributed by atoms with E-state index in [1.807, 2.05) is 66.7 Å². The van der Waals surface area contributed by atoms with Gasteiger partial charge in [-0.05, 0) is 40.8 Å². The highest BCUT2D eigenvalue weighted by Crippen LogP contribution is 2.26. The summed E-state index contributed by atoms with van der Waals surface area (Å²) in [7, 11) is 0. The molecule has 27 heavy (non-hydrogen) atoms. The maximum Gasteiger partial charge on any atom is 0.187 e. The van der Waals surface area contributed by atoms with E-state index in [9.17, 15) is 0 Å². The third-order valence-electron chi connectivity index (χ3n) is 4.45. The molecule has 0 amide bonds. The molecule has 4 aromatic rings. The van der Waals surface area contributed by atoms with Crippen LogP contribution < -0.4 is 10.7 Å². The van der Waals surface area contributed by atoms with Crippen molar-refractivity contribution in [2.45, 2.75) is 0 Å². The number of tetrazole rings is 1. The largest absolute Gasteiger partial charge is 0.382 e. The van der Waals surface area contributed by atoms with E-state index < -0.39 is 0 Å². The topological polar surface area (TPSA) is 109 Å². The number of nitrogens with two attached hydrogens (primary N) is 1. The van der Waals surface area contributed by atoms with Crippen LogP contribution in [0.15, 0.2) is 71.3 Å². The summed E-state index contributed by atoms with van der Waals surface area (Å²) in [6.07, 6.45) is 1.81. The van der Waals surface area contributed by atoms with Crippen LogP contribution in [0.2, 0.25) is 0 Å². The maximum absolute atomic E-state index is 8.52. The second kappa shape index (κ2) is 5.73. The van der Waals surface area contributed by atoms with Crippen molar-refractivity contribution in [2.24, 2.45) is 10.8 Å². The summed E-state index contributed by atoms with van der Waals surface area (Å²) in [6.45, 7) is 0. The van der Waals surface area contributed by atoms with Gasteiger partial charge in [0, 0.05) is 10.9 Å². The van der Waals surface area contributed by atoms with Crippen molar-refractivity contribution in [3.63, 3.8) is 0 Å². The third kappa shape index (κ3) is 2.35. The van der Waals surface area contributed by atoms with Crippen LogP contribution in [0.25, 0.3) is 22.6 Å². The molecule has 0 fully saturated rings. The van der Waals surface area contributed by atoms with Crippen molar-refractivity contribution in [3.8, 4) is 0 Å². The predicted molar refractivity (Wildman–Crippen MR) is 105 cm³/mol. The first kappa shape index (κ1) is 15.2. The van der Waals surface area contributed by atoms with Crippen molar-refractivity contribution in [2.75, 3.05) is 5.01 Å². The van der Waals surface area contributed by atoms with Crippen molar-refractivity contribution < 1.29 is 0 Å². The summed E-state index contributed by atoms with van der Waals surface area (Å²) in [6, 6.07) is 19.3. The number of nitrogens with one attached hydrogen (secondary N) is 1. The minimum Gasteiger partial charge on any atom is -0.382 e. The summed E-state index contributed by atoms with van der Waals surface area (Å²) in [5.74, 6) is 0.486. The number of fused-ring (bicyclic) bond motifs is 3. The average molecular weight is 354 g/mol. The van der Waals surface area contributed by atoms with Crippen molar-refractivity contribution in [1.29, 1.82) is 5.41 Å². The molecule has 3 heterocycles. The van der Waals surface area contributed by atoms with Crippen LogP contribution >= 0.6 is 0 Å². The maximum atomic E-state index is 8.52. The van der Waals surface area contributed by atoms with Gasteiger partial charge in [0.05, 0.1) is 16.8 Å². The summed E-state index contributed by atoms with van der Waals surface area (Å²) >= 11 is 0. The smallest absolute Gasteiger partial charge is 0.187 e. The van der Waals surface area contributed by atoms with Gasteiger partial charge < -0.3 is 5.73 Å². The fourth-order valence-electron chi connectivity index (χ4n) is 3.17. The van der Waals surface area contributed by atoms with Gasteiger partial charge in [-0.25, -0.2) is 5.01 Å². The van der Waals surface area contributed by atoms with Crippen molar-refractivity contribution >= 4 is 40.0 Å². The number of rotatable bonds is 2. The van der Waals surface area contributed by atoms with E-state index in [4.69, 9.17) is 11.1 Å². The molecule has 8 nitrogen and oxygen atoms in total. The molecule has 0 unspecified atom stereocenters. The number of para-hydroxylation sites is 2. The second-order valence-corrected chi connectivity index (χ2v) is 6.11. The number of anilines is 1. The lowest BCUT2D eigenvalue weighted by Crippen LogP contribution is -2.21. The van der Waals surface area contributed by atoms with E-state index >= 15 is 0 Å². The highest BCUT2D eigenvalue weighted by Gasteiger charge is 2.26. The van der Waals surface area contributed by atoms with E-state index in [0.717, 1.165) is 22.2 Å². The second-order valence-electron chi connectivity index (χ2n) is 6.11. The van der Waals surface area contributed by atoms with E-state index in [1.165, 1.54) is 5.01 Å². The number of benzene rings is 2. The van der Waals surface area contributed by atoms with E-state index in [1.54, 1.807) is 4.52 Å². The Balaban J connectivity index is 1.65. The molecule has 0 spiro atoms. The highest BCUT2D eigenvalue weighted by atomic mass is 15.5. The number of pyridine rings is 1. The molecule has 0 bridgehead atoms. The third-order valence-corrected chi connectivity index (χ3v) is 4.45. The van der Waals surface area contributed by atoms with Crippen molar-refractivity contribution in [1.82, 2.24) is 20.0 Å². The Labute approximate surface area is 153 Å². The molecule has 0 aliphatic carbocycles. The van der Waals surface area contributed by atoms with E-state index in [0.29, 0.717) is 11.2 Å². The number of nitrogens with zero attached hydrogens (tertiary/aromatic N) is 6. The Bertz CT molecular complexity index is 1250. The van der Waals surface area contributed by atoms with Gasteiger partial charge in [0.1, 0.15) is 0 Å². The molecule has 0 saturated carbocycles. The molecule has 0 saturated heterocycles. The van der Waals surface area contributed by atoms with Crippen LogP contribution in [-0.4, -0.2) is 31.7 Å². The normalized spacial score (nSPS) is 15.9. The zero-order valence-corrected chi connectivity index (χ0v) is 14.1. The molecule has 8 heteroatoms. The molecule has 130 valence electrons. The van der Waals surface area contributed by atoms with Crippen LogP contribution in [0, 0.1) is 5.41 Å². The van der Waals surface area contributed by atoms with Gasteiger partial charge >= 0.3 is 0 Å². The number of hydrogen-bond acceptors (Lipinski definition) is 6. The Morgan fingerprint density at radius 2 is 1.78 bits per heavy atom. The van der Waals surface area contributed by atoms with Gasteiger partial charge in [-0.15, -0.1) is 10.2 Å². The van der Waals surface area contributed by atoms with Crippen LogP contribution in [0.5, 0.6) is 0 Å². The lowest BCUT2D eigenvalue weighted by atomic mass is 10.1. The average Bonchev–Trinajstić information content (AvgIpc) is 3.30. The first-order chi connectivity index (χ1) is 13.2. The summed E-state index contributed by atoms with van der Waals surface area (Å²) < 4.78 is 1.68. The van der Waals surface area contributed by atoms with E-state index in [-0.39, 0.29) is 11.7 Å². The van der Waals surface area contributed by atoms with E-state index in [2.05, 4.69) is 20.6 Å². The standard InChI is InChI=1S/C19H14N8/c20-17-15(18(21)26(23-17)14-7-2-1-3-8-14)11-13-10-12-6-4-5-9-16(12)27-19(13)22-24-25-27/h1-11,21H,(H2,20,23)/b15-11+,21-18?. The summed E-state index contributed by atoms with van der Waals surface area (Å²) in [5, 5.41) is 27.4. The fourth-order valence-corrected chi connectivity index (χ4v) is 3.17. The number of hydrazone groups is 1. The Morgan fingerprint density at radius 1 is 1.00 bits per heavy atom. The van der Waals surface area contributed by atoms with Gasteiger partial charge in [0.2, 0.25) is 0 Å². The molecule has 2 aromatic heterocycles. The van der Waals surface area contributed by atoms with Gasteiger partial charge in [-0.1, -0.05) is 36.4 Å². The Hall–Kier alpha value is -4.07. The zero-order chi connectivity index (χ0) is 18.4. The summed E-state index contributed by atoms with van der Waals surface area (Å²) in [5.41, 5.74) is 9.70. The molecular formula is C19H14N8. The molecule has 0 atom stereocenters. The van der Waals surface area contributed by atoms with Crippen LogP contribution in [0.1, 0.15) is 5.56 Å². The predicted octanol–water partition coefficient (Wildman–Crippen LogP) is 2.43. The van der Waals surface area contributed by atoms with Crippen LogP contribution in [0.3, 0.4) is 0 Å². The molecule has 5 rings (SSSR count). The highest BCUT2D eigenvalue weighted by molar-refractivity contribution is 6.32. The lowest BCUT2D eigenvalue weighted by Gasteiger charge is -2.13. The monoisotopic (exact) mass is 354 g/mol. The quantitative estimate of drug-likeness (QED) is 0.575. The SMILES string of the molecule is N=C1/C(=C/c2cc3ccccc3n3nnnc23)C(N)=NN1c1ccccc1. The zero-order valence-electron chi connectivity index (χ0n) is 14.1. The van der Waals surface area contributed by atoms with Gasteiger partial charge in [-0.2, -0.15) is 4.52 Å². The Morgan fingerprint density at radius 3 is 2.63 bits per heavy atom. The van der Waals surface area contributed by atoms with Gasteiger partial charge in [-0.3, -0.25) is 5.41 Å². The van der Waals surface area contributed by atoms with Crippen molar-refractivity contribution in [3.05, 3.63) is 71.8 Å². The Kier molecular flexibility index (Phi) is 3.23. The molecule has 0 radical (unpaired) electrons. The number of hydrogen-bond donors (Lipinski definition) is 2. The minimum absolute atomic E-state index is 0.206. The first-order valence-electron chi connectivity index (χ1n) is 8.32. The van der Waals surface area contributed by atoms with Gasteiger partial charge in [0.15, 0.2) is 17.3 Å². The van der Waals surface area contributed by atoms with Crippen LogP contribution in [0.4, 0.5) is 5.69 Å². The first-order valence-corrected chi connectivity index (χ1v) is 8.32. The molecule has 1 aliphatic heterocycles. The minimum atomic E-state index is 0.206. The summed E-state index contributed by atoms with van der Waals surface area (Å²) in [4.78, 5) is 0. The molecule has 1 aliphatic rings. The number of amidine groups is 2. The molecule has 3 N–H and O–H groups in total. The molecular weight excluding hydrogens is 340 g/mol. The van der Waals surface area contributed by atoms with Crippen LogP contribution in [-0.2, 0) is 0 Å². The molecule has 2 aromatic carbocycles. The number of aromatic nitrogens is 4. The van der Waals surface area contributed by atoms with Gasteiger partial charge in [0.25, 0.3) is 0 Å².